The second kappa shape index (κ2) is 6.10. The Hall–Kier alpha value is -1.13. The Morgan fingerprint density at radius 2 is 2.15 bits per heavy atom. The van der Waals surface area contributed by atoms with Crippen LogP contribution in [0.15, 0.2) is 12.1 Å². The quantitative estimate of drug-likeness (QED) is 0.902. The van der Waals surface area contributed by atoms with Crippen LogP contribution in [0.5, 0.6) is 0 Å². The normalized spacial score (nSPS) is 20.9. The van der Waals surface area contributed by atoms with E-state index in [0.29, 0.717) is 6.54 Å². The number of pyridine rings is 1. The number of rotatable bonds is 2. The fourth-order valence-electron chi connectivity index (χ4n) is 2.44. The Labute approximate surface area is 122 Å². The van der Waals surface area contributed by atoms with E-state index in [0.717, 1.165) is 43.2 Å². The van der Waals surface area contributed by atoms with Gasteiger partial charge in [0, 0.05) is 37.4 Å². The summed E-state index contributed by atoms with van der Waals surface area (Å²) >= 11 is 0. The molecule has 4 nitrogen and oxygen atoms in total. The van der Waals surface area contributed by atoms with Gasteiger partial charge in [-0.3, -0.25) is 0 Å². The molecular formula is C16H27N3O. The number of hydrogen-bond donors (Lipinski definition) is 1. The predicted octanol–water partition coefficient (Wildman–Crippen LogP) is 2.45. The Balaban J connectivity index is 2.34. The number of hydrogen-bond acceptors (Lipinski definition) is 4. The van der Waals surface area contributed by atoms with Gasteiger partial charge in [-0.2, -0.15) is 0 Å². The van der Waals surface area contributed by atoms with Crippen molar-refractivity contribution in [3.8, 4) is 0 Å². The summed E-state index contributed by atoms with van der Waals surface area (Å²) in [4.78, 5) is 7.19. The topological polar surface area (TPSA) is 51.4 Å². The molecule has 1 aromatic rings. The van der Waals surface area contributed by atoms with Gasteiger partial charge in [0.1, 0.15) is 5.82 Å². The van der Waals surface area contributed by atoms with Crippen LogP contribution in [0, 0.1) is 0 Å². The molecule has 1 atom stereocenters. The Morgan fingerprint density at radius 1 is 1.40 bits per heavy atom. The van der Waals surface area contributed by atoms with Gasteiger partial charge in [0.25, 0.3) is 0 Å². The number of anilines is 1. The number of nitrogens with zero attached hydrogens (tertiary/aromatic N) is 2. The van der Waals surface area contributed by atoms with Gasteiger partial charge in [0.15, 0.2) is 0 Å². The average Bonchev–Trinajstić information content (AvgIpc) is 2.62. The highest BCUT2D eigenvalue weighted by atomic mass is 16.5. The number of nitrogens with two attached hydrogens (primary N) is 1. The SMILES string of the molecule is CC1CN(c2cc(CN)cc(C(C)(C)C)n2)CCCO1. The van der Waals surface area contributed by atoms with Crippen molar-refractivity contribution >= 4 is 5.82 Å². The first-order valence-corrected chi connectivity index (χ1v) is 7.48. The van der Waals surface area contributed by atoms with Crippen molar-refractivity contribution in [2.45, 2.75) is 52.2 Å². The molecule has 1 aromatic heterocycles. The molecule has 0 amide bonds. The van der Waals surface area contributed by atoms with Gasteiger partial charge in [-0.05, 0) is 31.0 Å². The number of aromatic nitrogens is 1. The van der Waals surface area contributed by atoms with Gasteiger partial charge >= 0.3 is 0 Å². The maximum absolute atomic E-state index is 5.85. The minimum atomic E-state index is 0.0356. The zero-order valence-electron chi connectivity index (χ0n) is 13.1. The third-order valence-corrected chi connectivity index (χ3v) is 3.65. The summed E-state index contributed by atoms with van der Waals surface area (Å²) in [6.07, 6.45) is 1.29. The molecule has 0 aliphatic carbocycles. The molecule has 1 aliphatic heterocycles. The third kappa shape index (κ3) is 3.70. The van der Waals surface area contributed by atoms with Crippen molar-refractivity contribution in [1.82, 2.24) is 4.98 Å². The van der Waals surface area contributed by atoms with Gasteiger partial charge in [-0.15, -0.1) is 0 Å². The van der Waals surface area contributed by atoms with Crippen LogP contribution in [0.1, 0.15) is 45.4 Å². The molecule has 1 aliphatic rings. The lowest BCUT2D eigenvalue weighted by Gasteiger charge is -2.26. The van der Waals surface area contributed by atoms with Gasteiger partial charge in [-0.25, -0.2) is 4.98 Å². The van der Waals surface area contributed by atoms with Crippen LogP contribution in [0.2, 0.25) is 0 Å². The van der Waals surface area contributed by atoms with Crippen LogP contribution in [0.4, 0.5) is 5.82 Å². The summed E-state index contributed by atoms with van der Waals surface area (Å²) < 4.78 is 5.71. The van der Waals surface area contributed by atoms with Crippen molar-refractivity contribution in [3.63, 3.8) is 0 Å². The third-order valence-electron chi connectivity index (χ3n) is 3.65. The largest absolute Gasteiger partial charge is 0.377 e. The highest BCUT2D eigenvalue weighted by Crippen LogP contribution is 2.25. The van der Waals surface area contributed by atoms with Crippen LogP contribution in [0.3, 0.4) is 0 Å². The van der Waals surface area contributed by atoms with Crippen molar-refractivity contribution in [1.29, 1.82) is 0 Å². The molecule has 4 heteroatoms. The van der Waals surface area contributed by atoms with E-state index < -0.39 is 0 Å². The van der Waals surface area contributed by atoms with E-state index >= 15 is 0 Å². The van der Waals surface area contributed by atoms with Gasteiger partial charge in [-0.1, -0.05) is 20.8 Å². The Morgan fingerprint density at radius 3 is 2.80 bits per heavy atom. The van der Waals surface area contributed by atoms with Crippen LogP contribution >= 0.6 is 0 Å². The summed E-state index contributed by atoms with van der Waals surface area (Å²) in [6.45, 7) is 12.0. The second-order valence-electron chi connectivity index (χ2n) is 6.65. The van der Waals surface area contributed by atoms with Crippen molar-refractivity contribution < 1.29 is 4.74 Å². The van der Waals surface area contributed by atoms with E-state index in [9.17, 15) is 0 Å². The first-order chi connectivity index (χ1) is 9.40. The highest BCUT2D eigenvalue weighted by molar-refractivity contribution is 5.44. The first-order valence-electron chi connectivity index (χ1n) is 7.48. The lowest BCUT2D eigenvalue weighted by molar-refractivity contribution is 0.0820. The van der Waals surface area contributed by atoms with Crippen LogP contribution in [-0.4, -0.2) is 30.8 Å². The highest BCUT2D eigenvalue weighted by Gasteiger charge is 2.21. The second-order valence-corrected chi connectivity index (χ2v) is 6.65. The minimum absolute atomic E-state index is 0.0356. The molecule has 112 valence electrons. The smallest absolute Gasteiger partial charge is 0.129 e. The van der Waals surface area contributed by atoms with Crippen LogP contribution in [0.25, 0.3) is 0 Å². The molecule has 2 heterocycles. The fraction of sp³-hybridized carbons (Fsp3) is 0.688. The van der Waals surface area contributed by atoms with Crippen molar-refractivity contribution in [2.24, 2.45) is 5.73 Å². The summed E-state index contributed by atoms with van der Waals surface area (Å²) in [5.41, 5.74) is 8.14. The van der Waals surface area contributed by atoms with Crippen LogP contribution in [-0.2, 0) is 16.7 Å². The van der Waals surface area contributed by atoms with E-state index in [1.54, 1.807) is 0 Å². The Bertz CT molecular complexity index is 454. The molecule has 0 aromatic carbocycles. The molecule has 0 spiro atoms. The van der Waals surface area contributed by atoms with E-state index in [-0.39, 0.29) is 11.5 Å². The molecular weight excluding hydrogens is 250 g/mol. The molecule has 1 fully saturated rings. The molecule has 1 saturated heterocycles. The van der Waals surface area contributed by atoms with Crippen molar-refractivity contribution in [3.05, 3.63) is 23.4 Å². The molecule has 0 radical (unpaired) electrons. The van der Waals surface area contributed by atoms with Gasteiger partial charge in [0.05, 0.1) is 6.10 Å². The molecule has 2 rings (SSSR count). The monoisotopic (exact) mass is 277 g/mol. The number of ether oxygens (including phenoxy) is 1. The van der Waals surface area contributed by atoms with Crippen LogP contribution < -0.4 is 10.6 Å². The lowest BCUT2D eigenvalue weighted by Crippen LogP contribution is -2.31. The molecule has 1 unspecified atom stereocenters. The van der Waals surface area contributed by atoms with E-state index in [2.05, 4.69) is 44.7 Å². The van der Waals surface area contributed by atoms with E-state index in [4.69, 9.17) is 15.5 Å². The first kappa shape index (κ1) is 15.3. The standard InChI is InChI=1S/C16H27N3O/c1-12-11-19(6-5-7-20-12)15-9-13(10-17)8-14(18-15)16(2,3)4/h8-9,12H,5-7,10-11,17H2,1-4H3. The van der Waals surface area contributed by atoms with E-state index in [1.165, 1.54) is 0 Å². The lowest BCUT2D eigenvalue weighted by atomic mass is 9.90. The van der Waals surface area contributed by atoms with Crippen molar-refractivity contribution in [2.75, 3.05) is 24.6 Å². The Kier molecular flexibility index (Phi) is 4.66. The maximum Gasteiger partial charge on any atom is 0.129 e. The zero-order valence-corrected chi connectivity index (χ0v) is 13.1. The minimum Gasteiger partial charge on any atom is -0.377 e. The summed E-state index contributed by atoms with van der Waals surface area (Å²) in [7, 11) is 0. The molecule has 20 heavy (non-hydrogen) atoms. The van der Waals surface area contributed by atoms with E-state index in [1.807, 2.05) is 0 Å². The van der Waals surface area contributed by atoms with Gasteiger partial charge < -0.3 is 15.4 Å². The van der Waals surface area contributed by atoms with Gasteiger partial charge in [0.2, 0.25) is 0 Å². The fourth-order valence-corrected chi connectivity index (χ4v) is 2.44. The molecule has 0 saturated carbocycles. The zero-order chi connectivity index (χ0) is 14.8. The molecule has 0 bridgehead atoms. The molecule has 2 N–H and O–H groups in total. The summed E-state index contributed by atoms with van der Waals surface area (Å²) in [6, 6.07) is 4.24. The summed E-state index contributed by atoms with van der Waals surface area (Å²) in [5, 5.41) is 0. The predicted molar refractivity (Wildman–Crippen MR) is 83.1 cm³/mol. The maximum atomic E-state index is 5.85. The average molecular weight is 277 g/mol. The summed E-state index contributed by atoms with van der Waals surface area (Å²) in [5.74, 6) is 1.04.